The molecule has 0 atom stereocenters. The largest absolute Gasteiger partial charge is 0.396 e. The van der Waals surface area contributed by atoms with Crippen LogP contribution in [0, 0.1) is 12.8 Å². The van der Waals surface area contributed by atoms with Crippen LogP contribution in [0.3, 0.4) is 0 Å². The molecule has 31 heavy (non-hydrogen) atoms. The van der Waals surface area contributed by atoms with Crippen molar-refractivity contribution in [2.75, 3.05) is 11.9 Å². The first-order valence-corrected chi connectivity index (χ1v) is 11.4. The normalized spacial score (nSPS) is 19.5. The zero-order valence-corrected chi connectivity index (χ0v) is 18.9. The van der Waals surface area contributed by atoms with E-state index in [1.807, 2.05) is 12.1 Å². The van der Waals surface area contributed by atoms with Crippen LogP contribution >= 0.6 is 11.3 Å². The number of fused-ring (bicyclic) bond motifs is 1. The number of aryl methyl sites for hydroxylation is 1. The van der Waals surface area contributed by atoms with Crippen molar-refractivity contribution < 1.29 is 15.0 Å². The summed E-state index contributed by atoms with van der Waals surface area (Å²) in [5.74, 6) is 0.429. The monoisotopic (exact) mass is 440 g/mol. The van der Waals surface area contributed by atoms with E-state index in [1.54, 1.807) is 38.3 Å². The van der Waals surface area contributed by atoms with E-state index in [4.69, 9.17) is 4.98 Å². The second-order valence-corrected chi connectivity index (χ2v) is 9.94. The molecule has 0 unspecified atom stereocenters. The molecule has 0 aliphatic heterocycles. The Morgan fingerprint density at radius 3 is 2.58 bits per heavy atom. The highest BCUT2D eigenvalue weighted by molar-refractivity contribution is 7.18. The molecule has 1 amide bonds. The molecule has 7 nitrogen and oxygen atoms in total. The first-order chi connectivity index (χ1) is 14.7. The lowest BCUT2D eigenvalue weighted by Gasteiger charge is -2.25. The number of anilines is 1. The van der Waals surface area contributed by atoms with Crippen LogP contribution in [0.1, 0.15) is 72.2 Å². The highest BCUT2D eigenvalue weighted by Gasteiger charge is 2.27. The highest BCUT2D eigenvalue weighted by atomic mass is 32.1. The van der Waals surface area contributed by atoms with Gasteiger partial charge in [-0.15, -0.1) is 11.3 Å². The van der Waals surface area contributed by atoms with Crippen LogP contribution in [-0.4, -0.2) is 37.7 Å². The molecular formula is C23H28N4O3S. The van der Waals surface area contributed by atoms with Crippen LogP contribution in [-0.2, 0) is 5.60 Å². The molecule has 0 spiro atoms. The maximum atomic E-state index is 12.8. The Labute approximate surface area is 185 Å². The Bertz CT molecular complexity index is 1100. The Hall–Kier alpha value is -2.42. The molecule has 3 N–H and O–H groups in total. The van der Waals surface area contributed by atoms with Gasteiger partial charge in [0.05, 0.1) is 32.7 Å². The Morgan fingerprint density at radius 1 is 1.19 bits per heavy atom. The molecule has 4 rings (SSSR count). The lowest BCUT2D eigenvalue weighted by Crippen LogP contribution is -2.21. The Morgan fingerprint density at radius 2 is 1.94 bits per heavy atom. The zero-order valence-electron chi connectivity index (χ0n) is 18.1. The van der Waals surface area contributed by atoms with Crippen LogP contribution in [0.25, 0.3) is 10.2 Å². The fraction of sp³-hybridized carbons (Fsp3) is 0.478. The summed E-state index contributed by atoms with van der Waals surface area (Å²) in [6.07, 6.45) is 7.11. The van der Waals surface area contributed by atoms with Gasteiger partial charge in [0, 0.05) is 30.0 Å². The molecule has 0 radical (unpaired) electrons. The maximum Gasteiger partial charge on any atom is 0.275 e. The lowest BCUT2D eigenvalue weighted by atomic mass is 9.83. The summed E-state index contributed by atoms with van der Waals surface area (Å²) < 4.78 is 0.970. The molecule has 2 aromatic heterocycles. The minimum Gasteiger partial charge on any atom is -0.396 e. The van der Waals surface area contributed by atoms with Crippen molar-refractivity contribution >= 4 is 33.1 Å². The molecule has 1 aliphatic carbocycles. The third-order valence-corrected chi connectivity index (χ3v) is 7.07. The van der Waals surface area contributed by atoms with Gasteiger partial charge < -0.3 is 15.5 Å². The van der Waals surface area contributed by atoms with E-state index in [9.17, 15) is 15.0 Å². The average molecular weight is 441 g/mol. The number of aliphatic hydroxyl groups is 2. The van der Waals surface area contributed by atoms with E-state index in [2.05, 4.69) is 15.3 Å². The summed E-state index contributed by atoms with van der Waals surface area (Å²) in [5.41, 5.74) is 1.72. The Balaban J connectivity index is 1.66. The summed E-state index contributed by atoms with van der Waals surface area (Å²) in [6, 6.07) is 3.76. The number of nitrogens with zero attached hydrogens (tertiary/aromatic N) is 3. The molecule has 0 saturated heterocycles. The topological polar surface area (TPSA) is 108 Å². The highest BCUT2D eigenvalue weighted by Crippen LogP contribution is 2.41. The molecular weight excluding hydrogens is 412 g/mol. The van der Waals surface area contributed by atoms with E-state index >= 15 is 0 Å². The SMILES string of the molecule is Cc1cncc(C(=O)Nc2cc3sc([C@H]4CC[C@H](CO)CC4)nc3cc2C(C)(C)O)n1. The van der Waals surface area contributed by atoms with Crippen molar-refractivity contribution in [3.63, 3.8) is 0 Å². The van der Waals surface area contributed by atoms with Crippen molar-refractivity contribution in [3.05, 3.63) is 46.5 Å². The van der Waals surface area contributed by atoms with E-state index < -0.39 is 5.60 Å². The van der Waals surface area contributed by atoms with Gasteiger partial charge in [-0.1, -0.05) is 0 Å². The van der Waals surface area contributed by atoms with Crippen LogP contribution in [0.15, 0.2) is 24.5 Å². The van der Waals surface area contributed by atoms with Crippen molar-refractivity contribution in [2.45, 2.75) is 58.0 Å². The number of carbonyl (C=O) groups excluding carboxylic acids is 1. The summed E-state index contributed by atoms with van der Waals surface area (Å²) in [5, 5.41) is 24.1. The summed E-state index contributed by atoms with van der Waals surface area (Å²) in [7, 11) is 0. The Kier molecular flexibility index (Phi) is 6.05. The number of hydrogen-bond acceptors (Lipinski definition) is 7. The van der Waals surface area contributed by atoms with Gasteiger partial charge in [0.25, 0.3) is 5.91 Å². The van der Waals surface area contributed by atoms with Gasteiger partial charge in [0.15, 0.2) is 0 Å². The summed E-state index contributed by atoms with van der Waals surface area (Å²) in [4.78, 5) is 25.9. The third kappa shape index (κ3) is 4.76. The molecule has 164 valence electrons. The number of nitrogens with one attached hydrogen (secondary N) is 1. The van der Waals surface area contributed by atoms with Crippen molar-refractivity contribution in [1.82, 2.24) is 15.0 Å². The zero-order chi connectivity index (χ0) is 22.2. The molecule has 3 aromatic rings. The molecule has 0 bridgehead atoms. The molecule has 2 heterocycles. The number of carbonyl (C=O) groups is 1. The average Bonchev–Trinajstić information content (AvgIpc) is 3.15. The van der Waals surface area contributed by atoms with Gasteiger partial charge in [-0.05, 0) is 64.5 Å². The van der Waals surface area contributed by atoms with Crippen LogP contribution in [0.4, 0.5) is 5.69 Å². The number of thiazole rings is 1. The van der Waals surface area contributed by atoms with Crippen LogP contribution < -0.4 is 5.32 Å². The van der Waals surface area contributed by atoms with Gasteiger partial charge in [-0.25, -0.2) is 9.97 Å². The van der Waals surface area contributed by atoms with Crippen LogP contribution in [0.2, 0.25) is 0 Å². The third-order valence-electron chi connectivity index (χ3n) is 5.89. The molecule has 1 fully saturated rings. The molecule has 1 aliphatic rings. The van der Waals surface area contributed by atoms with Crippen molar-refractivity contribution in [2.24, 2.45) is 5.92 Å². The number of aliphatic hydroxyl groups excluding tert-OH is 1. The lowest BCUT2D eigenvalue weighted by molar-refractivity contribution is 0.0794. The van der Waals surface area contributed by atoms with Crippen molar-refractivity contribution in [3.8, 4) is 0 Å². The number of benzene rings is 1. The smallest absolute Gasteiger partial charge is 0.275 e. The fourth-order valence-electron chi connectivity index (χ4n) is 4.13. The minimum atomic E-state index is -1.15. The second-order valence-electron chi connectivity index (χ2n) is 8.88. The van der Waals surface area contributed by atoms with Gasteiger partial charge >= 0.3 is 0 Å². The van der Waals surface area contributed by atoms with E-state index in [-0.39, 0.29) is 18.2 Å². The maximum absolute atomic E-state index is 12.8. The summed E-state index contributed by atoms with van der Waals surface area (Å²) >= 11 is 1.64. The first kappa shape index (κ1) is 21.8. The van der Waals surface area contributed by atoms with E-state index in [1.165, 1.54) is 6.20 Å². The molecule has 8 heteroatoms. The fourth-order valence-corrected chi connectivity index (χ4v) is 5.28. The van der Waals surface area contributed by atoms with Gasteiger partial charge in [0.1, 0.15) is 5.69 Å². The van der Waals surface area contributed by atoms with E-state index in [0.29, 0.717) is 28.8 Å². The molecule has 1 saturated carbocycles. The predicted molar refractivity (Wildman–Crippen MR) is 121 cm³/mol. The molecule has 1 aromatic carbocycles. The number of aromatic nitrogens is 3. The predicted octanol–water partition coefficient (Wildman–Crippen LogP) is 4.14. The first-order valence-electron chi connectivity index (χ1n) is 10.6. The quantitative estimate of drug-likeness (QED) is 0.550. The minimum absolute atomic E-state index is 0.229. The number of amides is 1. The van der Waals surface area contributed by atoms with Crippen molar-refractivity contribution in [1.29, 1.82) is 0 Å². The second kappa shape index (κ2) is 8.61. The summed E-state index contributed by atoms with van der Waals surface area (Å²) in [6.45, 7) is 5.43. The number of rotatable bonds is 5. The van der Waals surface area contributed by atoms with Gasteiger partial charge in [-0.3, -0.25) is 9.78 Å². The van der Waals surface area contributed by atoms with Gasteiger partial charge in [0.2, 0.25) is 0 Å². The number of hydrogen-bond donors (Lipinski definition) is 3. The van der Waals surface area contributed by atoms with E-state index in [0.717, 1.165) is 40.9 Å². The standard InChI is InChI=1S/C23H28N4O3S/c1-13-10-24-11-19(25-13)21(29)26-17-9-20-18(8-16(17)23(2,3)30)27-22(31-20)15-6-4-14(12-28)5-7-15/h8-11,14-15,28,30H,4-7,12H2,1-3H3,(H,26,29)/t14-,15-. The van der Waals surface area contributed by atoms with Crippen LogP contribution in [0.5, 0.6) is 0 Å². The van der Waals surface area contributed by atoms with Gasteiger partial charge in [-0.2, -0.15) is 0 Å².